The highest BCUT2D eigenvalue weighted by Crippen LogP contribution is 2.33. The summed E-state index contributed by atoms with van der Waals surface area (Å²) in [6.07, 6.45) is 1.42. The van der Waals surface area contributed by atoms with Crippen molar-refractivity contribution in [2.75, 3.05) is 26.1 Å². The molecule has 10 heteroatoms. The van der Waals surface area contributed by atoms with Crippen molar-refractivity contribution >= 4 is 45.5 Å². The van der Waals surface area contributed by atoms with Crippen molar-refractivity contribution in [2.24, 2.45) is 0 Å². The number of urea groups is 1. The van der Waals surface area contributed by atoms with Gasteiger partial charge in [0.2, 0.25) is 5.91 Å². The summed E-state index contributed by atoms with van der Waals surface area (Å²) < 4.78 is 10.7. The predicted molar refractivity (Wildman–Crippen MR) is 112 cm³/mol. The number of hydrogen-bond donors (Lipinski definition) is 3. The van der Waals surface area contributed by atoms with E-state index in [0.29, 0.717) is 21.5 Å². The second-order valence-electron chi connectivity index (χ2n) is 6.17. The zero-order valence-corrected chi connectivity index (χ0v) is 17.6. The number of carbonyl (C=O) groups excluding carboxylic acids is 3. The molecular weight excluding hydrogens is 458 g/mol. The van der Waals surface area contributed by atoms with E-state index < -0.39 is 24.4 Å². The number of methoxy groups -OCH3 is 2. The second kappa shape index (κ2) is 8.87. The standard InChI is InChI=1S/C20H18BrN3O6/c1-29-16-6-4-3-5-13(16)22-18(26)10-24-19(27)14(23-20(24)28)7-11-8-17(30-2)15(25)9-12(11)21/h3-9,25H,10H2,1-2H3,(H,22,26)(H,23,28)/b14-7+. The van der Waals surface area contributed by atoms with Gasteiger partial charge in [0.15, 0.2) is 11.5 Å². The molecule has 2 aromatic carbocycles. The van der Waals surface area contributed by atoms with E-state index >= 15 is 0 Å². The number of aromatic hydroxyl groups is 1. The maximum absolute atomic E-state index is 12.6. The highest BCUT2D eigenvalue weighted by molar-refractivity contribution is 9.10. The molecular formula is C20H18BrN3O6. The van der Waals surface area contributed by atoms with Crippen molar-refractivity contribution in [3.63, 3.8) is 0 Å². The number of phenolic OH excluding ortho intramolecular Hbond substituents is 1. The van der Waals surface area contributed by atoms with Crippen LogP contribution in [-0.4, -0.2) is 48.6 Å². The minimum atomic E-state index is -0.719. The van der Waals surface area contributed by atoms with Gasteiger partial charge in [0, 0.05) is 4.47 Å². The number of carbonyl (C=O) groups is 3. The van der Waals surface area contributed by atoms with Gasteiger partial charge < -0.3 is 25.2 Å². The summed E-state index contributed by atoms with van der Waals surface area (Å²) in [4.78, 5) is 38.0. The van der Waals surface area contributed by atoms with E-state index in [1.807, 2.05) is 0 Å². The van der Waals surface area contributed by atoms with E-state index in [4.69, 9.17) is 9.47 Å². The first-order valence-electron chi connectivity index (χ1n) is 8.68. The third kappa shape index (κ3) is 4.38. The van der Waals surface area contributed by atoms with Crippen LogP contribution in [0.2, 0.25) is 0 Å². The van der Waals surface area contributed by atoms with Crippen LogP contribution in [0, 0.1) is 0 Å². The normalized spacial score (nSPS) is 14.6. The van der Waals surface area contributed by atoms with E-state index in [2.05, 4.69) is 26.6 Å². The number of para-hydroxylation sites is 2. The van der Waals surface area contributed by atoms with Gasteiger partial charge in [0.05, 0.1) is 19.9 Å². The van der Waals surface area contributed by atoms with Crippen molar-refractivity contribution in [1.82, 2.24) is 10.2 Å². The van der Waals surface area contributed by atoms with Crippen molar-refractivity contribution in [1.29, 1.82) is 0 Å². The monoisotopic (exact) mass is 475 g/mol. The lowest BCUT2D eigenvalue weighted by atomic mass is 10.1. The fourth-order valence-electron chi connectivity index (χ4n) is 2.78. The molecule has 3 rings (SSSR count). The third-order valence-corrected chi connectivity index (χ3v) is 4.93. The summed E-state index contributed by atoms with van der Waals surface area (Å²) in [5, 5.41) is 14.9. The quantitative estimate of drug-likeness (QED) is 0.436. The Morgan fingerprint density at radius 2 is 1.90 bits per heavy atom. The summed E-state index contributed by atoms with van der Waals surface area (Å²) in [5.74, 6) is -0.640. The summed E-state index contributed by atoms with van der Waals surface area (Å²) in [5.41, 5.74) is 0.903. The number of imide groups is 1. The van der Waals surface area contributed by atoms with Crippen LogP contribution in [0.3, 0.4) is 0 Å². The highest BCUT2D eigenvalue weighted by Gasteiger charge is 2.35. The first-order valence-corrected chi connectivity index (χ1v) is 9.47. The van der Waals surface area contributed by atoms with E-state index in [1.165, 1.54) is 32.4 Å². The molecule has 0 spiro atoms. The van der Waals surface area contributed by atoms with Crippen LogP contribution in [0.4, 0.5) is 10.5 Å². The molecule has 0 aromatic heterocycles. The summed E-state index contributed by atoms with van der Waals surface area (Å²) in [7, 11) is 2.86. The van der Waals surface area contributed by atoms with Gasteiger partial charge in [-0.2, -0.15) is 0 Å². The average molecular weight is 476 g/mol. The number of nitrogens with one attached hydrogen (secondary N) is 2. The molecule has 4 amide bonds. The molecule has 0 unspecified atom stereocenters. The molecule has 1 fully saturated rings. The van der Waals surface area contributed by atoms with Gasteiger partial charge in [0.1, 0.15) is 18.0 Å². The van der Waals surface area contributed by atoms with Gasteiger partial charge >= 0.3 is 6.03 Å². The molecule has 0 aliphatic carbocycles. The summed E-state index contributed by atoms with van der Waals surface area (Å²) in [6.45, 7) is -0.472. The maximum atomic E-state index is 12.6. The van der Waals surface area contributed by atoms with E-state index in [9.17, 15) is 19.5 Å². The Bertz CT molecular complexity index is 1050. The number of benzene rings is 2. The van der Waals surface area contributed by atoms with Crippen molar-refractivity contribution in [3.05, 3.63) is 52.1 Å². The van der Waals surface area contributed by atoms with Gasteiger partial charge in [-0.05, 0) is 35.9 Å². The topological polar surface area (TPSA) is 117 Å². The van der Waals surface area contributed by atoms with Gasteiger partial charge in [-0.25, -0.2) is 9.69 Å². The maximum Gasteiger partial charge on any atom is 0.329 e. The zero-order chi connectivity index (χ0) is 21.8. The lowest BCUT2D eigenvalue weighted by molar-refractivity contribution is -0.127. The van der Waals surface area contributed by atoms with Crippen LogP contribution >= 0.6 is 15.9 Å². The van der Waals surface area contributed by atoms with Crippen LogP contribution in [0.5, 0.6) is 17.2 Å². The van der Waals surface area contributed by atoms with Crippen LogP contribution in [-0.2, 0) is 9.59 Å². The van der Waals surface area contributed by atoms with Crippen molar-refractivity contribution in [3.8, 4) is 17.2 Å². The van der Waals surface area contributed by atoms with E-state index in [0.717, 1.165) is 4.90 Å². The van der Waals surface area contributed by atoms with Crippen LogP contribution in [0.25, 0.3) is 6.08 Å². The van der Waals surface area contributed by atoms with Gasteiger partial charge in [-0.15, -0.1) is 0 Å². The smallest absolute Gasteiger partial charge is 0.329 e. The highest BCUT2D eigenvalue weighted by atomic mass is 79.9. The SMILES string of the molecule is COc1cc(/C=C2/NC(=O)N(CC(=O)Nc3ccccc3OC)C2=O)c(Br)cc1O. The number of anilines is 1. The molecule has 1 aliphatic rings. The molecule has 1 aliphatic heterocycles. The molecule has 0 saturated carbocycles. The molecule has 156 valence electrons. The van der Waals surface area contributed by atoms with Gasteiger partial charge in [0.25, 0.3) is 5.91 Å². The number of amides is 4. The van der Waals surface area contributed by atoms with Crippen LogP contribution in [0.15, 0.2) is 46.6 Å². The molecule has 0 atom stereocenters. The minimum absolute atomic E-state index is 0.0152. The second-order valence-corrected chi connectivity index (χ2v) is 7.03. The van der Waals surface area contributed by atoms with Gasteiger partial charge in [-0.3, -0.25) is 9.59 Å². The number of nitrogens with zero attached hydrogens (tertiary/aromatic N) is 1. The average Bonchev–Trinajstić information content (AvgIpc) is 2.97. The molecule has 3 N–H and O–H groups in total. The molecule has 9 nitrogen and oxygen atoms in total. The molecule has 0 radical (unpaired) electrons. The molecule has 1 saturated heterocycles. The van der Waals surface area contributed by atoms with Crippen molar-refractivity contribution in [2.45, 2.75) is 0 Å². The van der Waals surface area contributed by atoms with Crippen LogP contribution < -0.4 is 20.1 Å². The Hall–Kier alpha value is -3.53. The van der Waals surface area contributed by atoms with E-state index in [1.54, 1.807) is 24.3 Å². The number of ether oxygens (including phenoxy) is 2. The molecule has 1 heterocycles. The first-order chi connectivity index (χ1) is 14.3. The molecule has 2 aromatic rings. The fraction of sp³-hybridized carbons (Fsp3) is 0.150. The third-order valence-electron chi connectivity index (χ3n) is 4.24. The zero-order valence-electron chi connectivity index (χ0n) is 16.1. The van der Waals surface area contributed by atoms with Crippen molar-refractivity contribution < 1.29 is 29.0 Å². The largest absolute Gasteiger partial charge is 0.504 e. The van der Waals surface area contributed by atoms with Gasteiger partial charge in [-0.1, -0.05) is 28.1 Å². The Morgan fingerprint density at radius 1 is 1.20 bits per heavy atom. The molecule has 0 bridgehead atoms. The Balaban J connectivity index is 1.76. The van der Waals surface area contributed by atoms with E-state index in [-0.39, 0.29) is 17.2 Å². The Labute approximate surface area is 180 Å². The lowest BCUT2D eigenvalue weighted by Crippen LogP contribution is -2.38. The lowest BCUT2D eigenvalue weighted by Gasteiger charge is -2.13. The fourth-order valence-corrected chi connectivity index (χ4v) is 3.23. The summed E-state index contributed by atoms with van der Waals surface area (Å²) >= 11 is 3.29. The van der Waals surface area contributed by atoms with Crippen LogP contribution in [0.1, 0.15) is 5.56 Å². The summed E-state index contributed by atoms with van der Waals surface area (Å²) in [6, 6.07) is 8.98. The predicted octanol–water partition coefficient (Wildman–Crippen LogP) is 2.70. The molecule has 30 heavy (non-hydrogen) atoms. The first kappa shape index (κ1) is 21.2. The minimum Gasteiger partial charge on any atom is -0.504 e. The number of rotatable bonds is 6. The Morgan fingerprint density at radius 3 is 2.60 bits per heavy atom. The number of phenols is 1. The Kier molecular flexibility index (Phi) is 6.26. The number of hydrogen-bond acceptors (Lipinski definition) is 6. The number of halogens is 1.